The topological polar surface area (TPSA) is 48.7 Å². The van der Waals surface area contributed by atoms with E-state index < -0.39 is 0 Å². The molecule has 0 aliphatic carbocycles. The van der Waals surface area contributed by atoms with Gasteiger partial charge in [0.05, 0.1) is 11.6 Å². The van der Waals surface area contributed by atoms with Gasteiger partial charge in [0.2, 0.25) is 0 Å². The summed E-state index contributed by atoms with van der Waals surface area (Å²) < 4.78 is 0. The number of aromatic nitrogens is 1. The monoisotopic (exact) mass is 313 g/mol. The predicted octanol–water partition coefficient (Wildman–Crippen LogP) is 4.22. The summed E-state index contributed by atoms with van der Waals surface area (Å²) in [7, 11) is 0. The van der Waals surface area contributed by atoms with Crippen LogP contribution < -0.4 is 5.32 Å². The number of nitrogens with zero attached hydrogens (tertiary/aromatic N) is 2. The molecule has 0 atom stereocenters. The molecule has 1 aromatic heterocycles. The van der Waals surface area contributed by atoms with Crippen molar-refractivity contribution in [2.75, 3.05) is 0 Å². The van der Waals surface area contributed by atoms with Crippen molar-refractivity contribution in [1.29, 1.82) is 5.26 Å². The first-order valence-electron chi connectivity index (χ1n) is 7.96. The van der Waals surface area contributed by atoms with Crippen molar-refractivity contribution in [3.05, 3.63) is 89.2 Å². The van der Waals surface area contributed by atoms with Gasteiger partial charge < -0.3 is 5.32 Å². The number of hydrogen-bond acceptors (Lipinski definition) is 3. The molecule has 0 saturated heterocycles. The lowest BCUT2D eigenvalue weighted by Gasteiger charge is -2.11. The summed E-state index contributed by atoms with van der Waals surface area (Å²) in [5.41, 5.74) is 6.32. The van der Waals surface area contributed by atoms with E-state index in [0.717, 1.165) is 35.3 Å². The normalized spacial score (nSPS) is 10.3. The zero-order valence-electron chi connectivity index (χ0n) is 13.7. The number of rotatable bonds is 5. The van der Waals surface area contributed by atoms with E-state index in [1.807, 2.05) is 36.5 Å². The summed E-state index contributed by atoms with van der Waals surface area (Å²) >= 11 is 0. The van der Waals surface area contributed by atoms with Crippen LogP contribution >= 0.6 is 0 Å². The lowest BCUT2D eigenvalue weighted by molar-refractivity contribution is 0.691. The Morgan fingerprint density at radius 3 is 2.54 bits per heavy atom. The average Bonchev–Trinajstić information content (AvgIpc) is 2.63. The number of nitriles is 1. The molecule has 0 aliphatic rings. The van der Waals surface area contributed by atoms with E-state index in [4.69, 9.17) is 0 Å². The summed E-state index contributed by atoms with van der Waals surface area (Å²) in [5.74, 6) is 0. The first kappa shape index (κ1) is 15.9. The summed E-state index contributed by atoms with van der Waals surface area (Å²) in [6.07, 6.45) is 3.64. The molecule has 3 heteroatoms. The number of benzene rings is 2. The smallest absolute Gasteiger partial charge is 0.0998 e. The number of aryl methyl sites for hydroxylation is 1. The molecule has 24 heavy (non-hydrogen) atoms. The van der Waals surface area contributed by atoms with Crippen LogP contribution in [0.5, 0.6) is 0 Å². The van der Waals surface area contributed by atoms with Crippen LogP contribution in [0.1, 0.15) is 22.3 Å². The van der Waals surface area contributed by atoms with Gasteiger partial charge in [0.25, 0.3) is 0 Å². The Hall–Kier alpha value is -2.96. The van der Waals surface area contributed by atoms with Gasteiger partial charge in [-0.05, 0) is 47.4 Å². The lowest BCUT2D eigenvalue weighted by Crippen LogP contribution is -2.12. The fourth-order valence-electron chi connectivity index (χ4n) is 2.75. The molecule has 1 N–H and O–H groups in total. The molecular weight excluding hydrogens is 294 g/mol. The van der Waals surface area contributed by atoms with Gasteiger partial charge in [-0.15, -0.1) is 0 Å². The van der Waals surface area contributed by atoms with E-state index in [2.05, 4.69) is 47.6 Å². The first-order valence-corrected chi connectivity index (χ1v) is 7.96. The average molecular weight is 313 g/mol. The molecule has 2 aromatic carbocycles. The van der Waals surface area contributed by atoms with Gasteiger partial charge in [0.1, 0.15) is 0 Å². The molecule has 0 fully saturated rings. The Balaban J connectivity index is 1.80. The molecule has 0 spiro atoms. The molecule has 3 rings (SSSR count). The number of hydrogen-bond donors (Lipinski definition) is 1. The molecule has 0 radical (unpaired) electrons. The number of nitrogens with one attached hydrogen (secondary N) is 1. The third-order valence-corrected chi connectivity index (χ3v) is 4.02. The van der Waals surface area contributed by atoms with Gasteiger partial charge in [-0.2, -0.15) is 5.26 Å². The van der Waals surface area contributed by atoms with Crippen LogP contribution in [0.25, 0.3) is 11.1 Å². The quantitative estimate of drug-likeness (QED) is 0.767. The van der Waals surface area contributed by atoms with Gasteiger partial charge in [0.15, 0.2) is 0 Å². The summed E-state index contributed by atoms with van der Waals surface area (Å²) in [6.45, 7) is 3.59. The molecule has 0 unspecified atom stereocenters. The van der Waals surface area contributed by atoms with Crippen molar-refractivity contribution >= 4 is 0 Å². The predicted molar refractivity (Wildman–Crippen MR) is 96.1 cm³/mol. The standard InChI is InChI=1S/C21H19N3/c1-16-5-2-3-7-20(16)21-11-17(8-9-19(21)12-22)13-24-15-18-6-4-10-23-14-18/h2-11,14,24H,13,15H2,1H3. The second kappa shape index (κ2) is 7.54. The summed E-state index contributed by atoms with van der Waals surface area (Å²) in [5, 5.41) is 12.8. The maximum absolute atomic E-state index is 9.41. The summed E-state index contributed by atoms with van der Waals surface area (Å²) in [4.78, 5) is 4.12. The van der Waals surface area contributed by atoms with E-state index in [9.17, 15) is 5.26 Å². The van der Waals surface area contributed by atoms with Crippen LogP contribution in [-0.2, 0) is 13.1 Å². The van der Waals surface area contributed by atoms with Gasteiger partial charge in [-0.1, -0.05) is 36.4 Å². The molecule has 3 nitrogen and oxygen atoms in total. The molecule has 0 aliphatic heterocycles. The van der Waals surface area contributed by atoms with Crippen LogP contribution in [0.2, 0.25) is 0 Å². The zero-order valence-corrected chi connectivity index (χ0v) is 13.7. The van der Waals surface area contributed by atoms with E-state index in [0.29, 0.717) is 5.56 Å². The third-order valence-electron chi connectivity index (χ3n) is 4.02. The van der Waals surface area contributed by atoms with Crippen LogP contribution in [0.15, 0.2) is 67.0 Å². The SMILES string of the molecule is Cc1ccccc1-c1cc(CNCc2cccnc2)ccc1C#N. The van der Waals surface area contributed by atoms with Crippen LogP contribution in [-0.4, -0.2) is 4.98 Å². The Labute approximate surface area is 142 Å². The first-order chi connectivity index (χ1) is 11.8. The molecular formula is C21H19N3. The van der Waals surface area contributed by atoms with Crippen molar-refractivity contribution in [3.63, 3.8) is 0 Å². The van der Waals surface area contributed by atoms with Crippen LogP contribution in [0.4, 0.5) is 0 Å². The van der Waals surface area contributed by atoms with Gasteiger partial charge in [-0.3, -0.25) is 4.98 Å². The highest BCUT2D eigenvalue weighted by Gasteiger charge is 2.08. The van der Waals surface area contributed by atoms with Crippen molar-refractivity contribution in [1.82, 2.24) is 10.3 Å². The third kappa shape index (κ3) is 3.68. The molecule has 0 bridgehead atoms. The highest BCUT2D eigenvalue weighted by atomic mass is 14.8. The maximum atomic E-state index is 9.41. The van der Waals surface area contributed by atoms with Crippen LogP contribution in [0, 0.1) is 18.3 Å². The molecule has 1 heterocycles. The molecule has 118 valence electrons. The Kier molecular flexibility index (Phi) is 5.00. The van der Waals surface area contributed by atoms with E-state index in [1.54, 1.807) is 6.20 Å². The fourth-order valence-corrected chi connectivity index (χ4v) is 2.75. The van der Waals surface area contributed by atoms with Crippen molar-refractivity contribution in [2.24, 2.45) is 0 Å². The Morgan fingerprint density at radius 2 is 1.79 bits per heavy atom. The van der Waals surface area contributed by atoms with Crippen LogP contribution in [0.3, 0.4) is 0 Å². The molecule has 0 amide bonds. The minimum atomic E-state index is 0.709. The molecule has 0 saturated carbocycles. The largest absolute Gasteiger partial charge is 0.309 e. The lowest BCUT2D eigenvalue weighted by atomic mass is 9.94. The zero-order chi connectivity index (χ0) is 16.8. The summed E-state index contributed by atoms with van der Waals surface area (Å²) in [6, 6.07) is 20.5. The highest BCUT2D eigenvalue weighted by molar-refractivity contribution is 5.73. The second-order valence-corrected chi connectivity index (χ2v) is 5.77. The molecule has 3 aromatic rings. The second-order valence-electron chi connectivity index (χ2n) is 5.77. The minimum Gasteiger partial charge on any atom is -0.309 e. The fraction of sp³-hybridized carbons (Fsp3) is 0.143. The van der Waals surface area contributed by atoms with Gasteiger partial charge in [-0.25, -0.2) is 0 Å². The van der Waals surface area contributed by atoms with Crippen molar-refractivity contribution in [3.8, 4) is 17.2 Å². The maximum Gasteiger partial charge on any atom is 0.0998 e. The van der Waals surface area contributed by atoms with E-state index in [1.165, 1.54) is 5.56 Å². The number of pyridine rings is 1. The van der Waals surface area contributed by atoms with Crippen molar-refractivity contribution in [2.45, 2.75) is 20.0 Å². The highest BCUT2D eigenvalue weighted by Crippen LogP contribution is 2.27. The van der Waals surface area contributed by atoms with Gasteiger partial charge in [0, 0.05) is 31.0 Å². The van der Waals surface area contributed by atoms with E-state index in [-0.39, 0.29) is 0 Å². The van der Waals surface area contributed by atoms with Gasteiger partial charge >= 0.3 is 0 Å². The Bertz CT molecular complexity index is 864. The van der Waals surface area contributed by atoms with E-state index >= 15 is 0 Å². The minimum absolute atomic E-state index is 0.709. The Morgan fingerprint density at radius 1 is 0.958 bits per heavy atom. The van der Waals surface area contributed by atoms with Crippen molar-refractivity contribution < 1.29 is 0 Å².